The van der Waals surface area contributed by atoms with Crippen LogP contribution >= 0.6 is 11.3 Å². The van der Waals surface area contributed by atoms with Gasteiger partial charge in [-0.15, -0.1) is 11.3 Å². The first-order valence-electron chi connectivity index (χ1n) is 4.65. The van der Waals surface area contributed by atoms with Gasteiger partial charge in [0.15, 0.2) is 0 Å². The Morgan fingerprint density at radius 3 is 2.93 bits per heavy atom. The van der Waals surface area contributed by atoms with Crippen LogP contribution in [-0.4, -0.2) is 16.6 Å². The Hall–Kier alpha value is -0.870. The first-order valence-corrected chi connectivity index (χ1v) is 5.53. The second-order valence-corrected chi connectivity index (χ2v) is 5.02. The molecule has 1 fully saturated rings. The van der Waals surface area contributed by atoms with Gasteiger partial charge in [-0.3, -0.25) is 0 Å². The summed E-state index contributed by atoms with van der Waals surface area (Å²) in [5.41, 5.74) is 0.709. The molecule has 0 aliphatic heterocycles. The number of carbonyl (C=O) groups is 1. The standard InChI is InChI=1S/C10H13NO2S/c1-10(2-3-10)11-5-8-4-7(6-14-8)9(12)13/h4,6,11H,2-3,5H2,1H3,(H,12,13). The highest BCUT2D eigenvalue weighted by Crippen LogP contribution is 2.34. The smallest absolute Gasteiger partial charge is 0.336 e. The highest BCUT2D eigenvalue weighted by molar-refractivity contribution is 7.10. The molecule has 3 nitrogen and oxygen atoms in total. The maximum atomic E-state index is 10.6. The first-order chi connectivity index (χ1) is 6.59. The monoisotopic (exact) mass is 211 g/mol. The molecule has 1 aromatic rings. The van der Waals surface area contributed by atoms with Crippen LogP contribution in [0.25, 0.3) is 0 Å². The molecule has 0 spiro atoms. The molecule has 1 aliphatic carbocycles. The van der Waals surface area contributed by atoms with Gasteiger partial charge < -0.3 is 10.4 Å². The number of nitrogens with one attached hydrogen (secondary N) is 1. The van der Waals surface area contributed by atoms with Gasteiger partial charge >= 0.3 is 5.97 Å². The van der Waals surface area contributed by atoms with E-state index in [4.69, 9.17) is 5.11 Å². The summed E-state index contributed by atoms with van der Waals surface area (Å²) in [5, 5.41) is 13.8. The van der Waals surface area contributed by atoms with Crippen molar-refractivity contribution < 1.29 is 9.90 Å². The summed E-state index contributed by atoms with van der Waals surface area (Å²) >= 11 is 1.50. The third kappa shape index (κ3) is 2.13. The average Bonchev–Trinajstić information content (AvgIpc) is 2.68. The number of thiophene rings is 1. The Morgan fingerprint density at radius 2 is 2.43 bits per heavy atom. The SMILES string of the molecule is CC1(NCc2cc(C(=O)O)cs2)CC1. The molecule has 0 aromatic carbocycles. The molecule has 1 aromatic heterocycles. The number of aromatic carboxylic acids is 1. The van der Waals surface area contributed by atoms with Gasteiger partial charge in [0.05, 0.1) is 5.56 Å². The van der Waals surface area contributed by atoms with Crippen molar-refractivity contribution in [2.45, 2.75) is 31.8 Å². The number of carboxylic acids is 1. The third-order valence-corrected chi connectivity index (χ3v) is 3.53. The molecule has 1 aliphatic rings. The van der Waals surface area contributed by atoms with Crippen LogP contribution in [0, 0.1) is 0 Å². The average molecular weight is 211 g/mol. The van der Waals surface area contributed by atoms with Gasteiger partial charge in [0.25, 0.3) is 0 Å². The lowest BCUT2D eigenvalue weighted by Crippen LogP contribution is -2.26. The first kappa shape index (κ1) is 9.68. The van der Waals surface area contributed by atoms with Crippen LogP contribution < -0.4 is 5.32 Å². The second kappa shape index (κ2) is 3.37. The Balaban J connectivity index is 1.93. The minimum Gasteiger partial charge on any atom is -0.478 e. The third-order valence-electron chi connectivity index (χ3n) is 2.59. The quantitative estimate of drug-likeness (QED) is 0.801. The van der Waals surface area contributed by atoms with Crippen LogP contribution in [-0.2, 0) is 6.54 Å². The number of hydrogen-bond donors (Lipinski definition) is 2. The van der Waals surface area contributed by atoms with Crippen molar-refractivity contribution in [3.8, 4) is 0 Å². The molecule has 2 N–H and O–H groups in total. The van der Waals surface area contributed by atoms with Crippen LogP contribution in [0.4, 0.5) is 0 Å². The molecular weight excluding hydrogens is 198 g/mol. The van der Waals surface area contributed by atoms with Crippen molar-refractivity contribution in [1.82, 2.24) is 5.32 Å². The maximum Gasteiger partial charge on any atom is 0.336 e. The van der Waals surface area contributed by atoms with Gasteiger partial charge in [0, 0.05) is 22.3 Å². The van der Waals surface area contributed by atoms with E-state index in [1.54, 1.807) is 11.4 Å². The predicted molar refractivity (Wildman–Crippen MR) is 55.8 cm³/mol. The molecule has 1 saturated carbocycles. The summed E-state index contributed by atoms with van der Waals surface area (Å²) in [5.74, 6) is -0.842. The van der Waals surface area contributed by atoms with Crippen LogP contribution in [0.15, 0.2) is 11.4 Å². The molecule has 0 saturated heterocycles. The fraction of sp³-hybridized carbons (Fsp3) is 0.500. The summed E-state index contributed by atoms with van der Waals surface area (Å²) in [4.78, 5) is 11.7. The topological polar surface area (TPSA) is 49.3 Å². The predicted octanol–water partition coefficient (Wildman–Crippen LogP) is 2.09. The zero-order valence-electron chi connectivity index (χ0n) is 8.04. The Bertz CT molecular complexity index is 355. The zero-order chi connectivity index (χ0) is 10.2. The summed E-state index contributed by atoms with van der Waals surface area (Å²) in [7, 11) is 0. The van der Waals surface area contributed by atoms with Crippen molar-refractivity contribution in [2.24, 2.45) is 0 Å². The van der Waals surface area contributed by atoms with Crippen molar-refractivity contribution in [3.05, 3.63) is 21.9 Å². The molecule has 0 atom stereocenters. The van der Waals surface area contributed by atoms with Crippen molar-refractivity contribution in [1.29, 1.82) is 0 Å². The minimum absolute atomic E-state index is 0.313. The van der Waals surface area contributed by atoms with Crippen LogP contribution in [0.5, 0.6) is 0 Å². The highest BCUT2D eigenvalue weighted by Gasteiger charge is 2.36. The lowest BCUT2D eigenvalue weighted by atomic mass is 10.3. The van der Waals surface area contributed by atoms with Gasteiger partial charge in [-0.05, 0) is 25.8 Å². The second-order valence-electron chi connectivity index (χ2n) is 4.02. The molecule has 0 radical (unpaired) electrons. The van der Waals surface area contributed by atoms with E-state index >= 15 is 0 Å². The van der Waals surface area contributed by atoms with Crippen molar-refractivity contribution in [2.75, 3.05) is 0 Å². The maximum absolute atomic E-state index is 10.6. The van der Waals surface area contributed by atoms with Gasteiger partial charge in [-0.2, -0.15) is 0 Å². The highest BCUT2D eigenvalue weighted by atomic mass is 32.1. The summed E-state index contributed by atoms with van der Waals surface area (Å²) < 4.78 is 0. The van der Waals surface area contributed by atoms with E-state index in [0.717, 1.165) is 11.4 Å². The van der Waals surface area contributed by atoms with E-state index in [0.29, 0.717) is 11.1 Å². The fourth-order valence-corrected chi connectivity index (χ4v) is 2.05. The van der Waals surface area contributed by atoms with E-state index in [1.807, 2.05) is 0 Å². The van der Waals surface area contributed by atoms with Gasteiger partial charge in [-0.1, -0.05) is 0 Å². The molecule has 0 amide bonds. The van der Waals surface area contributed by atoms with E-state index in [9.17, 15) is 4.79 Å². The Labute approximate surface area is 86.8 Å². The van der Waals surface area contributed by atoms with Gasteiger partial charge in [0.2, 0.25) is 0 Å². The minimum atomic E-state index is -0.842. The molecule has 0 unspecified atom stereocenters. The summed E-state index contributed by atoms with van der Waals surface area (Å²) in [6.45, 7) is 2.98. The van der Waals surface area contributed by atoms with Gasteiger partial charge in [0.1, 0.15) is 0 Å². The van der Waals surface area contributed by atoms with E-state index in [1.165, 1.54) is 24.2 Å². The zero-order valence-corrected chi connectivity index (χ0v) is 8.86. The van der Waals surface area contributed by atoms with Crippen LogP contribution in [0.3, 0.4) is 0 Å². The van der Waals surface area contributed by atoms with E-state index < -0.39 is 5.97 Å². The molecule has 4 heteroatoms. The molecule has 2 rings (SSSR count). The molecular formula is C10H13NO2S. The van der Waals surface area contributed by atoms with Crippen LogP contribution in [0.2, 0.25) is 0 Å². The fourth-order valence-electron chi connectivity index (χ4n) is 1.25. The molecule has 1 heterocycles. The number of carboxylic acid groups (broad SMARTS) is 1. The molecule has 76 valence electrons. The Kier molecular flexibility index (Phi) is 2.33. The lowest BCUT2D eigenvalue weighted by Gasteiger charge is -2.08. The largest absolute Gasteiger partial charge is 0.478 e. The lowest BCUT2D eigenvalue weighted by molar-refractivity contribution is 0.0697. The van der Waals surface area contributed by atoms with E-state index in [-0.39, 0.29) is 0 Å². The van der Waals surface area contributed by atoms with E-state index in [2.05, 4.69) is 12.2 Å². The summed E-state index contributed by atoms with van der Waals surface area (Å²) in [6.07, 6.45) is 2.45. The van der Waals surface area contributed by atoms with Crippen molar-refractivity contribution >= 4 is 17.3 Å². The van der Waals surface area contributed by atoms with Gasteiger partial charge in [-0.25, -0.2) is 4.79 Å². The van der Waals surface area contributed by atoms with Crippen molar-refractivity contribution in [3.63, 3.8) is 0 Å². The normalized spacial score (nSPS) is 18.1. The number of hydrogen-bond acceptors (Lipinski definition) is 3. The summed E-state index contributed by atoms with van der Waals surface area (Å²) in [6, 6.07) is 1.74. The van der Waals surface area contributed by atoms with Crippen LogP contribution in [0.1, 0.15) is 35.0 Å². The Morgan fingerprint density at radius 1 is 1.71 bits per heavy atom. The molecule has 0 bridgehead atoms. The number of rotatable bonds is 4. The molecule has 14 heavy (non-hydrogen) atoms.